The van der Waals surface area contributed by atoms with Crippen molar-refractivity contribution in [3.8, 4) is 0 Å². The molecule has 2 aliphatic rings. The number of nitrogens with two attached hydrogens (primary N) is 1. The van der Waals surface area contributed by atoms with Gasteiger partial charge < -0.3 is 15.4 Å². The quantitative estimate of drug-likeness (QED) is 0.686. The summed E-state index contributed by atoms with van der Waals surface area (Å²) in [7, 11) is 2.10. The zero-order valence-corrected chi connectivity index (χ0v) is 9.37. The summed E-state index contributed by atoms with van der Waals surface area (Å²) in [5, 5.41) is 0. The minimum Gasteiger partial charge on any atom is -0.462 e. The molecule has 1 aliphatic heterocycles. The predicted octanol–water partition coefficient (Wildman–Crippen LogP) is 0.363. The Balaban J connectivity index is 1.79. The maximum absolute atomic E-state index is 11.8. The molecule has 4 nitrogen and oxygen atoms in total. The molecule has 4 heteroatoms. The van der Waals surface area contributed by atoms with Gasteiger partial charge in [0.2, 0.25) is 0 Å². The van der Waals surface area contributed by atoms with Crippen molar-refractivity contribution in [1.82, 2.24) is 4.90 Å². The molecule has 15 heavy (non-hydrogen) atoms. The number of nitrogens with zero attached hydrogens (tertiary/aromatic N) is 1. The molecule has 0 radical (unpaired) electrons. The van der Waals surface area contributed by atoms with Gasteiger partial charge in [0, 0.05) is 19.6 Å². The van der Waals surface area contributed by atoms with E-state index in [0.29, 0.717) is 6.54 Å². The highest BCUT2D eigenvalue weighted by Gasteiger charge is 2.50. The third-order valence-electron chi connectivity index (χ3n) is 3.62. The molecule has 2 fully saturated rings. The zero-order valence-electron chi connectivity index (χ0n) is 9.37. The monoisotopic (exact) mass is 212 g/mol. The Kier molecular flexibility index (Phi) is 2.98. The van der Waals surface area contributed by atoms with Gasteiger partial charge in [-0.15, -0.1) is 0 Å². The highest BCUT2D eigenvalue weighted by molar-refractivity contribution is 5.80. The summed E-state index contributed by atoms with van der Waals surface area (Å²) in [6.07, 6.45) is 3.87. The Morgan fingerprint density at radius 3 is 2.53 bits per heavy atom. The van der Waals surface area contributed by atoms with E-state index in [9.17, 15) is 4.79 Å². The van der Waals surface area contributed by atoms with E-state index in [2.05, 4.69) is 11.9 Å². The maximum Gasteiger partial charge on any atom is 0.313 e. The Bertz CT molecular complexity index is 243. The summed E-state index contributed by atoms with van der Waals surface area (Å²) >= 11 is 0. The van der Waals surface area contributed by atoms with Gasteiger partial charge in [-0.3, -0.25) is 4.79 Å². The normalized spacial score (nSPS) is 26.3. The van der Waals surface area contributed by atoms with Crippen LogP contribution < -0.4 is 5.73 Å². The third kappa shape index (κ3) is 2.32. The molecule has 2 rings (SSSR count). The molecule has 0 amide bonds. The lowest BCUT2D eigenvalue weighted by molar-refractivity contribution is -0.157. The van der Waals surface area contributed by atoms with E-state index >= 15 is 0 Å². The predicted molar refractivity (Wildman–Crippen MR) is 57.3 cm³/mol. The summed E-state index contributed by atoms with van der Waals surface area (Å²) in [4.78, 5) is 14.1. The highest BCUT2D eigenvalue weighted by Crippen LogP contribution is 2.46. The van der Waals surface area contributed by atoms with Gasteiger partial charge in [0.05, 0.1) is 5.41 Å². The number of hydrogen-bond acceptors (Lipinski definition) is 4. The van der Waals surface area contributed by atoms with E-state index < -0.39 is 0 Å². The van der Waals surface area contributed by atoms with Crippen molar-refractivity contribution in [2.24, 2.45) is 11.1 Å². The number of piperidine rings is 1. The molecule has 0 spiro atoms. The van der Waals surface area contributed by atoms with Crippen LogP contribution in [-0.2, 0) is 9.53 Å². The Hall–Kier alpha value is -0.610. The molecule has 0 aromatic heterocycles. The number of rotatable bonds is 3. The van der Waals surface area contributed by atoms with Crippen LogP contribution in [0.4, 0.5) is 0 Å². The van der Waals surface area contributed by atoms with Crippen molar-refractivity contribution in [2.75, 3.05) is 26.7 Å². The first-order chi connectivity index (χ1) is 7.16. The van der Waals surface area contributed by atoms with Crippen LogP contribution in [0.15, 0.2) is 0 Å². The van der Waals surface area contributed by atoms with Gasteiger partial charge in [0.15, 0.2) is 0 Å². The molecule has 1 saturated carbocycles. The molecule has 1 saturated heterocycles. The van der Waals surface area contributed by atoms with Gasteiger partial charge in [0.25, 0.3) is 0 Å². The summed E-state index contributed by atoms with van der Waals surface area (Å²) in [6, 6.07) is 0. The van der Waals surface area contributed by atoms with Gasteiger partial charge >= 0.3 is 5.97 Å². The molecule has 2 N–H and O–H groups in total. The average molecular weight is 212 g/mol. The van der Waals surface area contributed by atoms with Crippen molar-refractivity contribution in [3.63, 3.8) is 0 Å². The van der Waals surface area contributed by atoms with Crippen LogP contribution in [0.1, 0.15) is 25.7 Å². The molecule has 0 aromatic rings. The minimum absolute atomic E-state index is 0.0560. The van der Waals surface area contributed by atoms with E-state index in [4.69, 9.17) is 10.5 Å². The van der Waals surface area contributed by atoms with Crippen LogP contribution in [0, 0.1) is 5.41 Å². The standard InChI is InChI=1S/C11H20N2O2/c1-13-6-2-9(3-7-13)15-10(14)11(8-12)4-5-11/h9H,2-8,12H2,1H3. The largest absolute Gasteiger partial charge is 0.462 e. The first-order valence-corrected chi connectivity index (χ1v) is 5.76. The highest BCUT2D eigenvalue weighted by atomic mass is 16.5. The fraction of sp³-hybridized carbons (Fsp3) is 0.909. The lowest BCUT2D eigenvalue weighted by atomic mass is 10.1. The number of esters is 1. The van der Waals surface area contributed by atoms with Crippen molar-refractivity contribution in [2.45, 2.75) is 31.8 Å². The molecular weight excluding hydrogens is 192 g/mol. The van der Waals surface area contributed by atoms with E-state index in [0.717, 1.165) is 38.8 Å². The summed E-state index contributed by atoms with van der Waals surface area (Å²) in [5.74, 6) is -0.0560. The Morgan fingerprint density at radius 2 is 2.07 bits per heavy atom. The molecular formula is C11H20N2O2. The molecule has 86 valence electrons. The molecule has 0 unspecified atom stereocenters. The van der Waals surface area contributed by atoms with Gasteiger partial charge in [0.1, 0.15) is 6.10 Å². The fourth-order valence-corrected chi connectivity index (χ4v) is 2.02. The Morgan fingerprint density at radius 1 is 1.47 bits per heavy atom. The topological polar surface area (TPSA) is 55.6 Å². The average Bonchev–Trinajstić information content (AvgIpc) is 3.02. The minimum atomic E-state index is -0.302. The van der Waals surface area contributed by atoms with Crippen molar-refractivity contribution in [3.05, 3.63) is 0 Å². The smallest absolute Gasteiger partial charge is 0.313 e. The van der Waals surface area contributed by atoms with E-state index in [-0.39, 0.29) is 17.5 Å². The van der Waals surface area contributed by atoms with Crippen LogP contribution in [0.2, 0.25) is 0 Å². The van der Waals surface area contributed by atoms with Gasteiger partial charge in [-0.1, -0.05) is 0 Å². The molecule has 1 heterocycles. The summed E-state index contributed by atoms with van der Waals surface area (Å²) < 4.78 is 5.51. The van der Waals surface area contributed by atoms with E-state index in [1.54, 1.807) is 0 Å². The number of carbonyl (C=O) groups is 1. The van der Waals surface area contributed by atoms with Crippen LogP contribution in [-0.4, -0.2) is 43.7 Å². The van der Waals surface area contributed by atoms with E-state index in [1.807, 2.05) is 0 Å². The fourth-order valence-electron chi connectivity index (χ4n) is 2.02. The second kappa shape index (κ2) is 4.10. The first-order valence-electron chi connectivity index (χ1n) is 5.76. The van der Waals surface area contributed by atoms with E-state index in [1.165, 1.54) is 0 Å². The lowest BCUT2D eigenvalue weighted by Gasteiger charge is -2.29. The Labute approximate surface area is 90.8 Å². The van der Waals surface area contributed by atoms with Gasteiger partial charge in [-0.25, -0.2) is 0 Å². The lowest BCUT2D eigenvalue weighted by Crippen LogP contribution is -2.38. The van der Waals surface area contributed by atoms with Crippen LogP contribution in [0.5, 0.6) is 0 Å². The van der Waals surface area contributed by atoms with Gasteiger partial charge in [-0.2, -0.15) is 0 Å². The third-order valence-corrected chi connectivity index (χ3v) is 3.62. The van der Waals surface area contributed by atoms with Crippen molar-refractivity contribution in [1.29, 1.82) is 0 Å². The number of hydrogen-bond donors (Lipinski definition) is 1. The molecule has 0 bridgehead atoms. The first kappa shape index (κ1) is 10.9. The second-order valence-corrected chi connectivity index (χ2v) is 4.89. The molecule has 0 aromatic carbocycles. The number of ether oxygens (including phenoxy) is 1. The van der Waals surface area contributed by atoms with Gasteiger partial charge in [-0.05, 0) is 32.7 Å². The number of carbonyl (C=O) groups excluding carboxylic acids is 1. The molecule has 0 atom stereocenters. The summed E-state index contributed by atoms with van der Waals surface area (Å²) in [6.45, 7) is 2.49. The molecule has 1 aliphatic carbocycles. The van der Waals surface area contributed by atoms with Crippen molar-refractivity contribution < 1.29 is 9.53 Å². The van der Waals surface area contributed by atoms with Crippen LogP contribution in [0.25, 0.3) is 0 Å². The maximum atomic E-state index is 11.8. The van der Waals surface area contributed by atoms with Crippen molar-refractivity contribution >= 4 is 5.97 Å². The second-order valence-electron chi connectivity index (χ2n) is 4.89. The van der Waals surface area contributed by atoms with Crippen LogP contribution in [0.3, 0.4) is 0 Å². The number of likely N-dealkylation sites (tertiary alicyclic amines) is 1. The summed E-state index contributed by atoms with van der Waals surface area (Å²) in [5.41, 5.74) is 5.29. The zero-order chi connectivity index (χ0) is 10.9. The van der Waals surface area contributed by atoms with Crippen LogP contribution >= 0.6 is 0 Å². The SMILES string of the molecule is CN1CCC(OC(=O)C2(CN)CC2)CC1.